The van der Waals surface area contributed by atoms with Gasteiger partial charge in [-0.3, -0.25) is 0 Å². The van der Waals surface area contributed by atoms with Crippen LogP contribution in [0.3, 0.4) is 0 Å². The van der Waals surface area contributed by atoms with Crippen molar-refractivity contribution in [3.63, 3.8) is 0 Å². The zero-order valence-electron chi connectivity index (χ0n) is 17.6. The highest BCUT2D eigenvalue weighted by molar-refractivity contribution is 7.88. The van der Waals surface area contributed by atoms with E-state index in [9.17, 15) is 8.42 Å². The van der Waals surface area contributed by atoms with Gasteiger partial charge in [-0.05, 0) is 25.0 Å². The van der Waals surface area contributed by atoms with Crippen LogP contribution in [-0.4, -0.2) is 57.4 Å². The maximum absolute atomic E-state index is 11.5. The van der Waals surface area contributed by atoms with E-state index in [-0.39, 0.29) is 6.04 Å². The van der Waals surface area contributed by atoms with E-state index in [1.165, 1.54) is 6.26 Å². The number of halogens is 1. The maximum atomic E-state index is 11.5. The molecule has 1 aromatic carbocycles. The number of ether oxygens (including phenoxy) is 2. The summed E-state index contributed by atoms with van der Waals surface area (Å²) in [5.74, 6) is 1.17. The largest absolute Gasteiger partial charge is 0.496 e. The number of piperidine rings is 1. The number of hydrogen-bond acceptors (Lipinski definition) is 6. The zero-order chi connectivity index (χ0) is 22.2. The average molecular weight is 465 g/mol. The van der Waals surface area contributed by atoms with Crippen LogP contribution in [-0.2, 0) is 10.0 Å². The highest BCUT2D eigenvalue weighted by Crippen LogP contribution is 2.38. The molecule has 10 heteroatoms. The molecule has 0 spiro atoms. The number of nitrogens with one attached hydrogen (secondary N) is 1. The number of imidazole rings is 1. The zero-order valence-corrected chi connectivity index (χ0v) is 19.2. The van der Waals surface area contributed by atoms with Gasteiger partial charge in [0.1, 0.15) is 17.1 Å². The Kier molecular flexibility index (Phi) is 6.00. The summed E-state index contributed by atoms with van der Waals surface area (Å²) >= 11 is 6.32. The molecular weight excluding hydrogens is 440 g/mol. The smallest absolute Gasteiger partial charge is 0.208 e. The van der Waals surface area contributed by atoms with Crippen LogP contribution in [0.4, 0.5) is 5.69 Å². The quantitative estimate of drug-likeness (QED) is 0.603. The first-order valence-electron chi connectivity index (χ1n) is 9.90. The van der Waals surface area contributed by atoms with Crippen LogP contribution in [0, 0.1) is 0 Å². The lowest BCUT2D eigenvalue weighted by Crippen LogP contribution is -2.44. The summed E-state index contributed by atoms with van der Waals surface area (Å²) in [5.41, 5.74) is 3.39. The Morgan fingerprint density at radius 2 is 1.84 bits per heavy atom. The van der Waals surface area contributed by atoms with Gasteiger partial charge in [-0.1, -0.05) is 11.6 Å². The number of rotatable bonds is 6. The van der Waals surface area contributed by atoms with Gasteiger partial charge in [0.2, 0.25) is 10.0 Å². The number of nitrogens with zero attached hydrogens (tertiary/aromatic N) is 3. The molecule has 4 rings (SSSR count). The van der Waals surface area contributed by atoms with E-state index in [2.05, 4.69) is 9.62 Å². The second kappa shape index (κ2) is 8.57. The standard InChI is InChI=1S/C21H25ClN4O4S/c1-29-19-12-20(30-2)17(22)11-16(19)18-13-26-9-6-15(10-21(26)23-18)25-7-4-14(5-8-25)24-31(3,27)28/h6,9-14,24H,4-5,7-8H2,1-3H3. The Morgan fingerprint density at radius 1 is 1.13 bits per heavy atom. The molecule has 0 amide bonds. The van der Waals surface area contributed by atoms with Gasteiger partial charge in [-0.15, -0.1) is 0 Å². The number of sulfonamides is 1. The topological polar surface area (TPSA) is 85.2 Å². The van der Waals surface area contributed by atoms with Crippen LogP contribution in [0.15, 0.2) is 36.7 Å². The Labute approximate surface area is 186 Å². The lowest BCUT2D eigenvalue weighted by atomic mass is 10.1. The molecule has 0 radical (unpaired) electrons. The van der Waals surface area contributed by atoms with E-state index < -0.39 is 10.0 Å². The Bertz CT molecular complexity index is 1200. The van der Waals surface area contributed by atoms with Crippen molar-refractivity contribution in [2.24, 2.45) is 0 Å². The molecule has 2 aromatic heterocycles. The number of anilines is 1. The molecule has 166 valence electrons. The average Bonchev–Trinajstić information content (AvgIpc) is 3.16. The molecule has 8 nitrogen and oxygen atoms in total. The second-order valence-electron chi connectivity index (χ2n) is 7.61. The number of pyridine rings is 1. The number of hydrogen-bond donors (Lipinski definition) is 1. The van der Waals surface area contributed by atoms with Crippen LogP contribution in [0.25, 0.3) is 16.9 Å². The predicted molar refractivity (Wildman–Crippen MR) is 122 cm³/mol. The molecule has 0 saturated carbocycles. The molecule has 0 atom stereocenters. The fourth-order valence-corrected chi connectivity index (χ4v) is 5.00. The minimum Gasteiger partial charge on any atom is -0.496 e. The van der Waals surface area contributed by atoms with Gasteiger partial charge in [0, 0.05) is 54.9 Å². The van der Waals surface area contributed by atoms with Crippen molar-refractivity contribution in [1.82, 2.24) is 14.1 Å². The first kappa shape index (κ1) is 21.7. The van der Waals surface area contributed by atoms with E-state index in [1.54, 1.807) is 26.4 Å². The second-order valence-corrected chi connectivity index (χ2v) is 9.80. The number of fused-ring (bicyclic) bond motifs is 1. The Morgan fingerprint density at radius 3 is 2.48 bits per heavy atom. The molecular formula is C21H25ClN4O4S. The van der Waals surface area contributed by atoms with Crippen LogP contribution < -0.4 is 19.1 Å². The van der Waals surface area contributed by atoms with E-state index in [0.29, 0.717) is 16.5 Å². The van der Waals surface area contributed by atoms with Gasteiger partial charge in [-0.2, -0.15) is 0 Å². The fraction of sp³-hybridized carbons (Fsp3) is 0.381. The molecule has 3 heterocycles. The van der Waals surface area contributed by atoms with Crippen molar-refractivity contribution < 1.29 is 17.9 Å². The molecule has 1 fully saturated rings. The monoisotopic (exact) mass is 464 g/mol. The van der Waals surface area contributed by atoms with Crippen LogP contribution in [0.1, 0.15) is 12.8 Å². The SMILES string of the molecule is COc1cc(OC)c(-c2cn3ccc(N4CCC(NS(C)(=O)=O)CC4)cc3n2)cc1Cl. The predicted octanol–water partition coefficient (Wildman–Crippen LogP) is 3.19. The molecule has 31 heavy (non-hydrogen) atoms. The normalized spacial score (nSPS) is 15.4. The summed E-state index contributed by atoms with van der Waals surface area (Å²) < 4.78 is 38.4. The van der Waals surface area contributed by atoms with Gasteiger partial charge >= 0.3 is 0 Å². The van der Waals surface area contributed by atoms with Crippen molar-refractivity contribution in [2.75, 3.05) is 38.5 Å². The number of methoxy groups -OCH3 is 2. The summed E-state index contributed by atoms with van der Waals surface area (Å²) in [6, 6.07) is 7.61. The number of aromatic nitrogens is 2. The van der Waals surface area contributed by atoms with E-state index >= 15 is 0 Å². The Balaban J connectivity index is 1.58. The highest BCUT2D eigenvalue weighted by Gasteiger charge is 2.22. The summed E-state index contributed by atoms with van der Waals surface area (Å²) in [4.78, 5) is 7.02. The molecule has 0 unspecified atom stereocenters. The van der Waals surface area contributed by atoms with Crippen molar-refractivity contribution in [1.29, 1.82) is 0 Å². The third kappa shape index (κ3) is 4.73. The summed E-state index contributed by atoms with van der Waals surface area (Å²) in [6.07, 6.45) is 6.63. The first-order chi connectivity index (χ1) is 14.8. The highest BCUT2D eigenvalue weighted by atomic mass is 35.5. The van der Waals surface area contributed by atoms with Crippen LogP contribution in [0.5, 0.6) is 11.5 Å². The minimum atomic E-state index is -3.18. The van der Waals surface area contributed by atoms with E-state index in [1.807, 2.05) is 28.9 Å². The van der Waals surface area contributed by atoms with Gasteiger partial charge in [0.05, 0.1) is 31.2 Å². The Hall–Kier alpha value is -2.49. The number of benzene rings is 1. The summed E-state index contributed by atoms with van der Waals surface area (Å²) in [6.45, 7) is 1.55. The molecule has 0 aliphatic carbocycles. The molecule has 1 N–H and O–H groups in total. The minimum absolute atomic E-state index is 0.0136. The third-order valence-corrected chi connectivity index (χ3v) is 6.49. The van der Waals surface area contributed by atoms with Crippen molar-refractivity contribution in [3.8, 4) is 22.8 Å². The van der Waals surface area contributed by atoms with Gasteiger partial charge in [-0.25, -0.2) is 18.1 Å². The van der Waals surface area contributed by atoms with Crippen molar-refractivity contribution in [3.05, 3.63) is 41.7 Å². The van der Waals surface area contributed by atoms with Crippen molar-refractivity contribution >= 4 is 33.0 Å². The van der Waals surface area contributed by atoms with Gasteiger partial charge in [0.15, 0.2) is 0 Å². The van der Waals surface area contributed by atoms with Crippen LogP contribution in [0.2, 0.25) is 5.02 Å². The lowest BCUT2D eigenvalue weighted by molar-refractivity contribution is 0.395. The summed E-state index contributed by atoms with van der Waals surface area (Å²) in [5, 5.41) is 0.488. The third-order valence-electron chi connectivity index (χ3n) is 5.43. The van der Waals surface area contributed by atoms with Crippen molar-refractivity contribution in [2.45, 2.75) is 18.9 Å². The summed E-state index contributed by atoms with van der Waals surface area (Å²) in [7, 11) is -0.0192. The molecule has 3 aromatic rings. The fourth-order valence-electron chi connectivity index (χ4n) is 3.92. The molecule has 1 aliphatic rings. The van der Waals surface area contributed by atoms with E-state index in [0.717, 1.165) is 48.5 Å². The molecule has 1 aliphatic heterocycles. The molecule has 1 saturated heterocycles. The van der Waals surface area contributed by atoms with Gasteiger partial charge < -0.3 is 18.8 Å². The van der Waals surface area contributed by atoms with Crippen LogP contribution >= 0.6 is 11.6 Å². The first-order valence-corrected chi connectivity index (χ1v) is 12.2. The maximum Gasteiger partial charge on any atom is 0.208 e. The van der Waals surface area contributed by atoms with E-state index in [4.69, 9.17) is 26.1 Å². The van der Waals surface area contributed by atoms with Gasteiger partial charge in [0.25, 0.3) is 0 Å². The lowest BCUT2D eigenvalue weighted by Gasteiger charge is -2.33. The molecule has 0 bridgehead atoms.